The Hall–Kier alpha value is -1.58. The van der Waals surface area contributed by atoms with Gasteiger partial charge in [-0.3, -0.25) is 4.79 Å². The van der Waals surface area contributed by atoms with Crippen molar-refractivity contribution in [2.75, 3.05) is 20.6 Å². The number of fused-ring (bicyclic) bond motifs is 1. The van der Waals surface area contributed by atoms with E-state index < -0.39 is 11.4 Å². The Kier molecular flexibility index (Phi) is 5.76. The lowest BCUT2D eigenvalue weighted by Crippen LogP contribution is -2.36. The molecular weight excluding hydrogens is 286 g/mol. The van der Waals surface area contributed by atoms with E-state index in [0.717, 1.165) is 22.9 Å². The van der Waals surface area contributed by atoms with Gasteiger partial charge in [0.2, 0.25) is 0 Å². The van der Waals surface area contributed by atoms with Crippen LogP contribution in [0.1, 0.15) is 18.9 Å². The van der Waals surface area contributed by atoms with Crippen LogP contribution in [0.25, 0.3) is 10.8 Å². The first-order valence-corrected chi connectivity index (χ1v) is 6.81. The monoisotopic (exact) mass is 307 g/mol. The van der Waals surface area contributed by atoms with E-state index in [1.165, 1.54) is 0 Å². The number of rotatable bonds is 5. The predicted molar refractivity (Wildman–Crippen MR) is 89.4 cm³/mol. The fraction of sp³-hybridized carbons (Fsp3) is 0.353. The summed E-state index contributed by atoms with van der Waals surface area (Å²) in [6.45, 7) is 2.56. The fourth-order valence-electron chi connectivity index (χ4n) is 2.51. The number of benzene rings is 2. The van der Waals surface area contributed by atoms with Gasteiger partial charge >= 0.3 is 5.97 Å². The molecule has 1 unspecified atom stereocenters. The van der Waals surface area contributed by atoms with E-state index in [1.54, 1.807) is 0 Å². The van der Waals surface area contributed by atoms with Crippen LogP contribution in [0.3, 0.4) is 0 Å². The number of carbonyl (C=O) groups is 1. The summed E-state index contributed by atoms with van der Waals surface area (Å²) in [6, 6.07) is 13.9. The molecule has 0 aliphatic carbocycles. The summed E-state index contributed by atoms with van der Waals surface area (Å²) in [5, 5.41) is 11.9. The van der Waals surface area contributed by atoms with Crippen LogP contribution in [-0.2, 0) is 10.2 Å². The molecule has 2 aromatic rings. The number of carboxylic acid groups (broad SMARTS) is 1. The Morgan fingerprint density at radius 1 is 1.14 bits per heavy atom. The molecule has 0 saturated carbocycles. The Labute approximate surface area is 132 Å². The van der Waals surface area contributed by atoms with Crippen molar-refractivity contribution < 1.29 is 9.90 Å². The predicted octanol–water partition coefficient (Wildman–Crippen LogP) is 3.56. The second-order valence-corrected chi connectivity index (χ2v) is 5.72. The molecule has 0 aromatic heterocycles. The SMILES string of the molecule is CN(C)CCC(C)(C(=O)O)c1cccc2ccccc12.Cl. The zero-order chi connectivity index (χ0) is 14.8. The molecule has 0 fully saturated rings. The quantitative estimate of drug-likeness (QED) is 0.918. The van der Waals surface area contributed by atoms with Gasteiger partial charge in [0, 0.05) is 0 Å². The first-order valence-electron chi connectivity index (χ1n) is 6.81. The van der Waals surface area contributed by atoms with Crippen LogP contribution in [0.15, 0.2) is 42.5 Å². The molecule has 0 heterocycles. The van der Waals surface area contributed by atoms with Crippen molar-refractivity contribution in [2.24, 2.45) is 0 Å². The van der Waals surface area contributed by atoms with Gasteiger partial charge in [0.1, 0.15) is 0 Å². The number of halogens is 1. The maximum atomic E-state index is 11.9. The van der Waals surface area contributed by atoms with E-state index in [2.05, 4.69) is 0 Å². The average molecular weight is 308 g/mol. The Balaban J connectivity index is 0.00000220. The molecule has 3 nitrogen and oxygen atoms in total. The summed E-state index contributed by atoms with van der Waals surface area (Å²) < 4.78 is 0. The van der Waals surface area contributed by atoms with Crippen molar-refractivity contribution >= 4 is 29.1 Å². The van der Waals surface area contributed by atoms with Gasteiger partial charge in [-0.15, -0.1) is 12.4 Å². The van der Waals surface area contributed by atoms with Crippen LogP contribution in [0.2, 0.25) is 0 Å². The molecule has 114 valence electrons. The molecule has 0 aliphatic rings. The Morgan fingerprint density at radius 3 is 2.38 bits per heavy atom. The number of nitrogens with zero attached hydrogens (tertiary/aromatic N) is 1. The summed E-state index contributed by atoms with van der Waals surface area (Å²) in [4.78, 5) is 13.9. The zero-order valence-corrected chi connectivity index (χ0v) is 13.5. The van der Waals surface area contributed by atoms with Crippen molar-refractivity contribution in [1.82, 2.24) is 4.90 Å². The molecule has 4 heteroatoms. The third-order valence-corrected chi connectivity index (χ3v) is 3.92. The highest BCUT2D eigenvalue weighted by Gasteiger charge is 2.36. The molecule has 0 bridgehead atoms. The molecule has 2 rings (SSSR count). The first kappa shape index (κ1) is 17.5. The molecule has 1 N–H and O–H groups in total. The maximum Gasteiger partial charge on any atom is 0.313 e. The standard InChI is InChI=1S/C17H21NO2.ClH/c1-17(16(19)20,11-12-18(2)3)15-10-6-8-13-7-4-5-9-14(13)15;/h4-10H,11-12H2,1-3H3,(H,19,20);1H. The van der Waals surface area contributed by atoms with Gasteiger partial charge in [-0.25, -0.2) is 0 Å². The summed E-state index contributed by atoms with van der Waals surface area (Å²) >= 11 is 0. The number of aliphatic carboxylic acids is 1. The van der Waals surface area contributed by atoms with Gasteiger partial charge in [0.05, 0.1) is 5.41 Å². The second-order valence-electron chi connectivity index (χ2n) is 5.72. The summed E-state index contributed by atoms with van der Waals surface area (Å²) in [6.07, 6.45) is 0.587. The number of hydrogen-bond donors (Lipinski definition) is 1. The normalized spacial score (nSPS) is 13.7. The van der Waals surface area contributed by atoms with Gasteiger partial charge in [0.25, 0.3) is 0 Å². The minimum absolute atomic E-state index is 0. The van der Waals surface area contributed by atoms with E-state index >= 15 is 0 Å². The third-order valence-electron chi connectivity index (χ3n) is 3.92. The number of carboxylic acids is 1. The molecule has 1 atom stereocenters. The largest absolute Gasteiger partial charge is 0.481 e. The van der Waals surface area contributed by atoms with Gasteiger partial charge in [-0.2, -0.15) is 0 Å². The van der Waals surface area contributed by atoms with Gasteiger partial charge in [-0.1, -0.05) is 42.5 Å². The molecule has 0 saturated heterocycles. The van der Waals surface area contributed by atoms with Crippen molar-refractivity contribution in [2.45, 2.75) is 18.8 Å². The summed E-state index contributed by atoms with van der Waals surface area (Å²) in [5.74, 6) is -0.768. The zero-order valence-electron chi connectivity index (χ0n) is 12.7. The smallest absolute Gasteiger partial charge is 0.313 e. The molecular formula is C17H22ClNO2. The number of hydrogen-bond acceptors (Lipinski definition) is 2. The van der Waals surface area contributed by atoms with E-state index in [1.807, 2.05) is 68.4 Å². The Bertz CT molecular complexity index is 622. The third kappa shape index (κ3) is 3.55. The maximum absolute atomic E-state index is 11.9. The van der Waals surface area contributed by atoms with Gasteiger partial charge in [0.15, 0.2) is 0 Å². The van der Waals surface area contributed by atoms with Crippen molar-refractivity contribution in [3.05, 3.63) is 48.0 Å². The topological polar surface area (TPSA) is 40.5 Å². The minimum atomic E-state index is -0.870. The van der Waals surface area contributed by atoms with Gasteiger partial charge in [-0.05, 0) is 50.3 Å². The van der Waals surface area contributed by atoms with Crippen molar-refractivity contribution in [1.29, 1.82) is 0 Å². The van der Waals surface area contributed by atoms with E-state index in [-0.39, 0.29) is 12.4 Å². The van der Waals surface area contributed by atoms with Crippen LogP contribution < -0.4 is 0 Å². The molecule has 0 spiro atoms. The Morgan fingerprint density at radius 2 is 1.76 bits per heavy atom. The lowest BCUT2D eigenvalue weighted by atomic mass is 9.77. The lowest BCUT2D eigenvalue weighted by Gasteiger charge is -2.28. The van der Waals surface area contributed by atoms with Crippen LogP contribution in [0.5, 0.6) is 0 Å². The van der Waals surface area contributed by atoms with E-state index in [9.17, 15) is 9.90 Å². The lowest BCUT2D eigenvalue weighted by molar-refractivity contribution is -0.143. The van der Waals surface area contributed by atoms with Crippen molar-refractivity contribution in [3.8, 4) is 0 Å². The van der Waals surface area contributed by atoms with E-state index in [0.29, 0.717) is 6.42 Å². The van der Waals surface area contributed by atoms with E-state index in [4.69, 9.17) is 0 Å². The molecule has 0 radical (unpaired) electrons. The fourth-order valence-corrected chi connectivity index (χ4v) is 2.51. The summed E-state index contributed by atoms with van der Waals surface area (Å²) in [7, 11) is 3.93. The van der Waals surface area contributed by atoms with Crippen LogP contribution in [-0.4, -0.2) is 36.6 Å². The molecule has 21 heavy (non-hydrogen) atoms. The highest BCUT2D eigenvalue weighted by atomic mass is 35.5. The highest BCUT2D eigenvalue weighted by Crippen LogP contribution is 2.33. The first-order chi connectivity index (χ1) is 9.45. The highest BCUT2D eigenvalue weighted by molar-refractivity contribution is 5.92. The van der Waals surface area contributed by atoms with Crippen LogP contribution in [0.4, 0.5) is 0 Å². The molecule has 0 amide bonds. The van der Waals surface area contributed by atoms with Crippen LogP contribution >= 0.6 is 12.4 Å². The summed E-state index contributed by atoms with van der Waals surface area (Å²) in [5.41, 5.74) is 0.0236. The molecule has 2 aromatic carbocycles. The van der Waals surface area contributed by atoms with Crippen molar-refractivity contribution in [3.63, 3.8) is 0 Å². The van der Waals surface area contributed by atoms with Crippen LogP contribution in [0, 0.1) is 0 Å². The molecule has 0 aliphatic heterocycles. The second kappa shape index (κ2) is 6.92. The average Bonchev–Trinajstić information content (AvgIpc) is 2.44. The minimum Gasteiger partial charge on any atom is -0.481 e. The van der Waals surface area contributed by atoms with Gasteiger partial charge < -0.3 is 10.0 Å².